The van der Waals surface area contributed by atoms with Crippen LogP contribution >= 0.6 is 11.6 Å². The normalized spacial score (nSPS) is 12.6. The Morgan fingerprint density at radius 1 is 0.947 bits per heavy atom. The van der Waals surface area contributed by atoms with Crippen molar-refractivity contribution in [2.45, 2.75) is 52.7 Å². The average molecular weight is 675 g/mol. The molecule has 2 aromatic carbocycles. The van der Waals surface area contributed by atoms with Crippen molar-refractivity contribution in [3.8, 4) is 0 Å². The number of nitrogens with zero attached hydrogens (tertiary/aromatic N) is 1. The fraction of sp³-hybridized carbons (Fsp3) is 0.348. The summed E-state index contributed by atoms with van der Waals surface area (Å²) >= 11 is 4.14. The molecule has 0 fully saturated rings. The van der Waals surface area contributed by atoms with E-state index in [1.165, 1.54) is 41.5 Å². The van der Waals surface area contributed by atoms with E-state index in [1.54, 1.807) is 0 Å². The van der Waals surface area contributed by atoms with Gasteiger partial charge in [-0.05, 0) is 41.5 Å². The van der Waals surface area contributed by atoms with E-state index in [4.69, 9.17) is 26.3 Å². The summed E-state index contributed by atoms with van der Waals surface area (Å²) in [6.45, 7) is 8.97. The van der Waals surface area contributed by atoms with Gasteiger partial charge >= 0.3 is 191 Å². The van der Waals surface area contributed by atoms with Crippen molar-refractivity contribution in [2.24, 2.45) is 0 Å². The molecule has 0 aliphatic heterocycles. The molecule has 0 heterocycles. The van der Waals surface area contributed by atoms with Crippen LogP contribution in [-0.4, -0.2) is 34.5 Å². The summed E-state index contributed by atoms with van der Waals surface area (Å²) < 4.78 is 52.9. The number of halogens is 5. The van der Waals surface area contributed by atoms with E-state index in [-0.39, 0.29) is 8.47 Å². The second-order valence-electron chi connectivity index (χ2n) is 9.63. The molecule has 0 aliphatic carbocycles. The van der Waals surface area contributed by atoms with Crippen LogP contribution in [0.4, 0.5) is 34.1 Å². The molecular formula is C23H25ClF3IN3O7-. The predicted molar refractivity (Wildman–Crippen MR) is 125 cm³/mol. The van der Waals surface area contributed by atoms with Crippen LogP contribution < -0.4 is 35.1 Å². The SMILES string of the molecule is CC(C)(C)OC(=O)N(C(=O)OC(C)(C)C)c1cc(NC(=O)c2cc([I-][NH+]([O-])O)cc(F)c2Cl)c(F)cc1F. The van der Waals surface area contributed by atoms with E-state index in [0.717, 1.165) is 12.1 Å². The Labute approximate surface area is 231 Å². The molecule has 2 rings (SSSR count). The number of imide groups is 1. The van der Waals surface area contributed by atoms with Crippen LogP contribution in [0.2, 0.25) is 5.02 Å². The molecule has 0 aliphatic rings. The van der Waals surface area contributed by atoms with E-state index in [0.29, 0.717) is 12.1 Å². The summed E-state index contributed by atoms with van der Waals surface area (Å²) in [5.41, 5.74) is -4.26. The molecule has 210 valence electrons. The van der Waals surface area contributed by atoms with Gasteiger partial charge in [-0.1, -0.05) is 0 Å². The maximum atomic E-state index is 14.9. The van der Waals surface area contributed by atoms with Crippen molar-refractivity contribution in [3.63, 3.8) is 0 Å². The Bertz CT molecular complexity index is 1220. The third-order valence-electron chi connectivity index (χ3n) is 4.11. The van der Waals surface area contributed by atoms with Gasteiger partial charge in [-0.3, -0.25) is 0 Å². The molecule has 38 heavy (non-hydrogen) atoms. The van der Waals surface area contributed by atoms with E-state index in [2.05, 4.69) is 5.32 Å². The Morgan fingerprint density at radius 2 is 1.47 bits per heavy atom. The maximum absolute atomic E-state index is 14.9. The third-order valence-corrected chi connectivity index (χ3v) is 6.20. The number of ether oxygens (including phenoxy) is 2. The van der Waals surface area contributed by atoms with Crippen LogP contribution in [0.1, 0.15) is 51.9 Å². The van der Waals surface area contributed by atoms with Gasteiger partial charge < -0.3 is 0 Å². The molecule has 10 nitrogen and oxygen atoms in total. The molecule has 1 atom stereocenters. The van der Waals surface area contributed by atoms with Gasteiger partial charge in [-0.25, -0.2) is 0 Å². The third kappa shape index (κ3) is 8.69. The van der Waals surface area contributed by atoms with Gasteiger partial charge in [-0.2, -0.15) is 0 Å². The first-order valence-corrected chi connectivity index (χ1v) is 13.3. The van der Waals surface area contributed by atoms with Crippen LogP contribution in [0.15, 0.2) is 24.3 Å². The quantitative estimate of drug-likeness (QED) is 0.190. The van der Waals surface area contributed by atoms with Crippen LogP contribution in [0.3, 0.4) is 0 Å². The molecule has 3 amide bonds. The van der Waals surface area contributed by atoms with Gasteiger partial charge in [0.25, 0.3) is 0 Å². The number of carbonyl (C=O) groups excluding carboxylic acids is 3. The summed E-state index contributed by atoms with van der Waals surface area (Å²) in [5, 5.41) is 21.4. The molecule has 2 aromatic rings. The number of anilines is 2. The first-order valence-electron chi connectivity index (χ1n) is 10.7. The van der Waals surface area contributed by atoms with Crippen LogP contribution in [-0.2, 0) is 9.47 Å². The summed E-state index contributed by atoms with van der Waals surface area (Å²) in [7, 11) is 0. The van der Waals surface area contributed by atoms with Crippen LogP contribution in [0.5, 0.6) is 0 Å². The topological polar surface area (TPSA) is 133 Å². The van der Waals surface area contributed by atoms with Gasteiger partial charge in [0.15, 0.2) is 0 Å². The second kappa shape index (κ2) is 12.0. The van der Waals surface area contributed by atoms with Crippen molar-refractivity contribution in [1.82, 2.24) is 0 Å². The second-order valence-corrected chi connectivity index (χ2v) is 12.7. The van der Waals surface area contributed by atoms with Gasteiger partial charge in [0.05, 0.1) is 0 Å². The summed E-state index contributed by atoms with van der Waals surface area (Å²) in [6.07, 6.45) is -2.69. The van der Waals surface area contributed by atoms with Gasteiger partial charge in [0.1, 0.15) is 0 Å². The van der Waals surface area contributed by atoms with Gasteiger partial charge in [0, 0.05) is 0 Å². The Morgan fingerprint density at radius 3 is 1.95 bits per heavy atom. The van der Waals surface area contributed by atoms with Crippen molar-refractivity contribution in [2.75, 3.05) is 10.2 Å². The molecule has 0 spiro atoms. The number of rotatable bonds is 5. The summed E-state index contributed by atoms with van der Waals surface area (Å²) in [5.74, 6) is -4.91. The molecule has 0 aromatic heterocycles. The summed E-state index contributed by atoms with van der Waals surface area (Å²) in [6, 6.07) is 2.87. The molecule has 1 unspecified atom stereocenters. The zero-order chi connectivity index (χ0) is 29.2. The van der Waals surface area contributed by atoms with Gasteiger partial charge in [-0.15, -0.1) is 0 Å². The standard InChI is InChI=1S/C23H25ClF3IN3O7/c1-22(2,3)37-20(33)30(21(34)38-23(4,5)6)17-10-16(13(25)9-14(17)26)29-19(32)12-7-11(28-31(35)36)8-15(27)18(12)24/h7-10,31,35H,1-6H3,(H,29,32)/q-1. The fourth-order valence-corrected chi connectivity index (χ4v) is 4.37. The molecule has 3 N–H and O–H groups in total. The first kappa shape index (κ1) is 31.6. The molecule has 0 radical (unpaired) electrons. The first-order chi connectivity index (χ1) is 17.3. The van der Waals surface area contributed by atoms with E-state index in [1.807, 2.05) is 0 Å². The van der Waals surface area contributed by atoms with Crippen molar-refractivity contribution >= 4 is 41.1 Å². The zero-order valence-electron chi connectivity index (χ0n) is 21.0. The fourth-order valence-electron chi connectivity index (χ4n) is 2.75. The molecular weight excluding hydrogens is 650 g/mol. The summed E-state index contributed by atoms with van der Waals surface area (Å²) in [4.78, 5) is 38.7. The Kier molecular flexibility index (Phi) is 9.99. The van der Waals surface area contributed by atoms with Crippen molar-refractivity contribution in [1.29, 1.82) is 0 Å². The average Bonchev–Trinajstić information content (AvgIpc) is 2.70. The molecule has 15 heteroatoms. The monoisotopic (exact) mass is 674 g/mol. The van der Waals surface area contributed by atoms with E-state index >= 15 is 0 Å². The number of hydrogen-bond acceptors (Lipinski definition) is 7. The minimum atomic E-state index is -1.72. The Balaban J connectivity index is 2.55. The number of hydrogen-bond donors (Lipinski definition) is 3. The number of benzene rings is 2. The Hall–Kier alpha value is -2.66. The minimum absolute atomic E-state index is 0.00430. The molecule has 0 saturated heterocycles. The van der Waals surface area contributed by atoms with E-state index < -0.39 is 93.6 Å². The number of quaternary nitrogens is 1. The number of carbonyl (C=O) groups is 3. The van der Waals surface area contributed by atoms with Crippen LogP contribution in [0, 0.1) is 26.2 Å². The number of amides is 3. The number of nitrogens with one attached hydrogen (secondary N) is 2. The van der Waals surface area contributed by atoms with Crippen LogP contribution in [0.25, 0.3) is 0 Å². The molecule has 0 saturated carbocycles. The van der Waals surface area contributed by atoms with E-state index in [9.17, 15) is 32.8 Å². The van der Waals surface area contributed by atoms with Crippen molar-refractivity contribution in [3.05, 3.63) is 61.1 Å². The zero-order valence-corrected chi connectivity index (χ0v) is 24.0. The van der Waals surface area contributed by atoms with Crippen molar-refractivity contribution < 1.29 is 67.2 Å². The molecule has 0 bridgehead atoms. The predicted octanol–water partition coefficient (Wildman–Crippen LogP) is 1.63. The van der Waals surface area contributed by atoms with Gasteiger partial charge in [0.2, 0.25) is 0 Å².